The van der Waals surface area contributed by atoms with Gasteiger partial charge in [-0.2, -0.15) is 0 Å². The Morgan fingerprint density at radius 1 is 1.35 bits per heavy atom. The highest BCUT2D eigenvalue weighted by molar-refractivity contribution is 7.18. The Bertz CT molecular complexity index is 662. The fourth-order valence-corrected chi connectivity index (χ4v) is 3.22. The second-order valence-corrected chi connectivity index (χ2v) is 6.41. The predicted molar refractivity (Wildman–Crippen MR) is 83.3 cm³/mol. The first-order chi connectivity index (χ1) is 9.56. The highest BCUT2D eigenvalue weighted by atomic mass is 35.5. The van der Waals surface area contributed by atoms with Gasteiger partial charge in [0.1, 0.15) is 10.7 Å². The van der Waals surface area contributed by atoms with E-state index < -0.39 is 0 Å². The maximum absolute atomic E-state index is 12.0. The Morgan fingerprint density at radius 3 is 2.60 bits per heavy atom. The Balaban J connectivity index is 1.88. The molecule has 20 heavy (non-hydrogen) atoms. The van der Waals surface area contributed by atoms with Crippen molar-refractivity contribution in [1.29, 1.82) is 0 Å². The molecule has 1 fully saturated rings. The summed E-state index contributed by atoms with van der Waals surface area (Å²) in [6.07, 6.45) is 1.88. The number of nitrogens with zero attached hydrogens (tertiary/aromatic N) is 1. The Kier molecular flexibility index (Phi) is 3.58. The molecule has 1 aliphatic carbocycles. The number of ketones is 1. The van der Waals surface area contributed by atoms with Crippen molar-refractivity contribution in [2.24, 2.45) is 5.92 Å². The summed E-state index contributed by atoms with van der Waals surface area (Å²) in [7, 11) is 0. The van der Waals surface area contributed by atoms with Crippen molar-refractivity contribution in [3.05, 3.63) is 33.1 Å². The van der Waals surface area contributed by atoms with E-state index in [1.165, 1.54) is 11.3 Å². The molecule has 4 nitrogen and oxygen atoms in total. The standard InChI is InChI=1S/C13H11Cl2N3OS/c14-7-2-1-3-8(15)9(7)17-13-18-12(16)11(20-13)10(19)6-4-5-6/h1-3,6H,4-5,16H2,(H,17,18). The van der Waals surface area contributed by atoms with Crippen LogP contribution in [0.2, 0.25) is 10.0 Å². The lowest BCUT2D eigenvalue weighted by Gasteiger charge is -2.06. The minimum Gasteiger partial charge on any atom is -0.382 e. The summed E-state index contributed by atoms with van der Waals surface area (Å²) in [5.74, 6) is 0.463. The van der Waals surface area contributed by atoms with E-state index in [4.69, 9.17) is 28.9 Å². The quantitative estimate of drug-likeness (QED) is 0.818. The fourth-order valence-electron chi connectivity index (χ4n) is 1.82. The number of thiazole rings is 1. The van der Waals surface area contributed by atoms with Gasteiger partial charge in [-0.05, 0) is 25.0 Å². The number of rotatable bonds is 4. The molecule has 3 rings (SSSR count). The maximum atomic E-state index is 12.0. The number of carbonyl (C=O) groups is 1. The Morgan fingerprint density at radius 2 is 2.00 bits per heavy atom. The van der Waals surface area contributed by atoms with E-state index in [0.717, 1.165) is 12.8 Å². The second-order valence-electron chi connectivity index (χ2n) is 4.59. The monoisotopic (exact) mass is 327 g/mol. The van der Waals surface area contributed by atoms with Crippen molar-refractivity contribution in [3.63, 3.8) is 0 Å². The molecule has 2 aromatic rings. The van der Waals surface area contributed by atoms with Gasteiger partial charge >= 0.3 is 0 Å². The molecule has 104 valence electrons. The van der Waals surface area contributed by atoms with Crippen LogP contribution in [-0.2, 0) is 0 Å². The number of benzene rings is 1. The molecule has 1 aliphatic rings. The molecule has 0 aliphatic heterocycles. The largest absolute Gasteiger partial charge is 0.382 e. The van der Waals surface area contributed by atoms with E-state index >= 15 is 0 Å². The Hall–Kier alpha value is -1.30. The van der Waals surface area contributed by atoms with Crippen LogP contribution >= 0.6 is 34.5 Å². The summed E-state index contributed by atoms with van der Waals surface area (Å²) in [4.78, 5) is 16.7. The molecule has 0 bridgehead atoms. The third kappa shape index (κ3) is 2.61. The average Bonchev–Trinajstić information content (AvgIpc) is 3.18. The zero-order valence-electron chi connectivity index (χ0n) is 10.3. The molecule has 1 heterocycles. The Labute approximate surface area is 129 Å². The molecule has 0 atom stereocenters. The highest BCUT2D eigenvalue weighted by Crippen LogP contribution is 2.39. The van der Waals surface area contributed by atoms with Crippen LogP contribution in [0.25, 0.3) is 0 Å². The molecular weight excluding hydrogens is 317 g/mol. The first kappa shape index (κ1) is 13.7. The van der Waals surface area contributed by atoms with Crippen LogP contribution in [0.15, 0.2) is 18.2 Å². The molecule has 0 saturated heterocycles. The van der Waals surface area contributed by atoms with Gasteiger partial charge in [-0.3, -0.25) is 4.79 Å². The minimum absolute atomic E-state index is 0.0818. The van der Waals surface area contributed by atoms with Gasteiger partial charge in [0.25, 0.3) is 0 Å². The third-order valence-corrected chi connectivity index (χ3v) is 4.65. The molecule has 0 amide bonds. The number of para-hydroxylation sites is 1. The summed E-state index contributed by atoms with van der Waals surface area (Å²) in [5, 5.41) is 4.52. The van der Waals surface area contributed by atoms with E-state index in [1.54, 1.807) is 18.2 Å². The van der Waals surface area contributed by atoms with Crippen LogP contribution in [0.1, 0.15) is 22.5 Å². The van der Waals surface area contributed by atoms with E-state index in [2.05, 4.69) is 10.3 Å². The van der Waals surface area contributed by atoms with Crippen LogP contribution in [0, 0.1) is 5.92 Å². The van der Waals surface area contributed by atoms with E-state index in [-0.39, 0.29) is 17.5 Å². The van der Waals surface area contributed by atoms with Crippen molar-refractivity contribution in [2.75, 3.05) is 11.1 Å². The van der Waals surface area contributed by atoms with Crippen molar-refractivity contribution < 1.29 is 4.79 Å². The molecule has 3 N–H and O–H groups in total. The lowest BCUT2D eigenvalue weighted by atomic mass is 10.2. The molecular formula is C13H11Cl2N3OS. The van der Waals surface area contributed by atoms with Gasteiger partial charge in [0.05, 0.1) is 15.7 Å². The molecule has 1 aromatic carbocycles. The predicted octanol–water partition coefficient (Wildman–Crippen LogP) is 4.37. The smallest absolute Gasteiger partial charge is 0.189 e. The number of halogens is 2. The zero-order valence-corrected chi connectivity index (χ0v) is 12.6. The molecule has 0 spiro atoms. The lowest BCUT2D eigenvalue weighted by Crippen LogP contribution is -2.02. The minimum atomic E-state index is 0.0818. The van der Waals surface area contributed by atoms with Crippen molar-refractivity contribution >= 4 is 57.0 Å². The van der Waals surface area contributed by atoms with Crippen molar-refractivity contribution in [1.82, 2.24) is 4.98 Å². The molecule has 1 aromatic heterocycles. The van der Waals surface area contributed by atoms with Gasteiger partial charge < -0.3 is 11.1 Å². The molecule has 0 unspecified atom stereocenters. The molecule has 1 saturated carbocycles. The van der Waals surface area contributed by atoms with Crippen LogP contribution in [0.3, 0.4) is 0 Å². The first-order valence-electron chi connectivity index (χ1n) is 6.08. The number of Topliss-reactive ketones (excluding diaryl/α,β-unsaturated/α-hetero) is 1. The summed E-state index contributed by atoms with van der Waals surface area (Å²) in [6, 6.07) is 5.21. The van der Waals surface area contributed by atoms with Crippen LogP contribution < -0.4 is 11.1 Å². The fraction of sp³-hybridized carbons (Fsp3) is 0.231. The number of anilines is 3. The number of carbonyl (C=O) groups excluding carboxylic acids is 1. The van der Waals surface area contributed by atoms with Crippen molar-refractivity contribution in [3.8, 4) is 0 Å². The lowest BCUT2D eigenvalue weighted by molar-refractivity contribution is 0.0972. The number of nitrogens with one attached hydrogen (secondary N) is 1. The topological polar surface area (TPSA) is 68.0 Å². The SMILES string of the molecule is Nc1nc(Nc2c(Cl)cccc2Cl)sc1C(=O)C1CC1. The summed E-state index contributed by atoms with van der Waals surface area (Å²) in [6.45, 7) is 0. The van der Waals surface area contributed by atoms with E-state index in [1.807, 2.05) is 0 Å². The zero-order chi connectivity index (χ0) is 14.3. The number of hydrogen-bond acceptors (Lipinski definition) is 5. The van der Waals surface area contributed by atoms with Crippen LogP contribution in [0.4, 0.5) is 16.6 Å². The maximum Gasteiger partial charge on any atom is 0.189 e. The molecule has 0 radical (unpaired) electrons. The number of nitrogen functional groups attached to an aromatic ring is 1. The van der Waals surface area contributed by atoms with Crippen LogP contribution in [0.5, 0.6) is 0 Å². The second kappa shape index (κ2) is 5.24. The first-order valence-corrected chi connectivity index (χ1v) is 7.65. The number of nitrogens with two attached hydrogens (primary N) is 1. The van der Waals surface area contributed by atoms with Crippen molar-refractivity contribution in [2.45, 2.75) is 12.8 Å². The number of hydrogen-bond donors (Lipinski definition) is 2. The van der Waals surface area contributed by atoms with Gasteiger partial charge in [-0.25, -0.2) is 4.98 Å². The van der Waals surface area contributed by atoms with Gasteiger partial charge in [-0.1, -0.05) is 40.6 Å². The van der Waals surface area contributed by atoms with Gasteiger partial charge in [-0.15, -0.1) is 0 Å². The summed E-state index contributed by atoms with van der Waals surface area (Å²) >= 11 is 13.4. The normalized spacial score (nSPS) is 14.3. The summed E-state index contributed by atoms with van der Waals surface area (Å²) < 4.78 is 0. The molecule has 7 heteroatoms. The van der Waals surface area contributed by atoms with Gasteiger partial charge in [0, 0.05) is 5.92 Å². The average molecular weight is 328 g/mol. The van der Waals surface area contributed by atoms with Crippen LogP contribution in [-0.4, -0.2) is 10.8 Å². The van der Waals surface area contributed by atoms with E-state index in [9.17, 15) is 4.79 Å². The highest BCUT2D eigenvalue weighted by Gasteiger charge is 2.33. The van der Waals surface area contributed by atoms with Gasteiger partial charge in [0.15, 0.2) is 10.9 Å². The number of aromatic nitrogens is 1. The summed E-state index contributed by atoms with van der Waals surface area (Å²) in [5.41, 5.74) is 6.37. The van der Waals surface area contributed by atoms with Gasteiger partial charge in [0.2, 0.25) is 0 Å². The third-order valence-electron chi connectivity index (χ3n) is 3.02. The van der Waals surface area contributed by atoms with E-state index in [0.29, 0.717) is 25.7 Å².